The summed E-state index contributed by atoms with van der Waals surface area (Å²) in [4.78, 5) is 12.9. The fourth-order valence-electron chi connectivity index (χ4n) is 3.68. The summed E-state index contributed by atoms with van der Waals surface area (Å²) in [5, 5.41) is 9.63. The van der Waals surface area contributed by atoms with Crippen LogP contribution in [-0.2, 0) is 0 Å². The van der Waals surface area contributed by atoms with Gasteiger partial charge in [0, 0.05) is 12.1 Å². The number of halogens is 3. The zero-order valence-corrected chi connectivity index (χ0v) is 17.3. The number of amides is 1. The Morgan fingerprint density at radius 2 is 1.84 bits per heavy atom. The lowest BCUT2D eigenvalue weighted by molar-refractivity contribution is -0.173. The van der Waals surface area contributed by atoms with Crippen LogP contribution in [0.1, 0.15) is 34.4 Å². The standard InChI is InChI=1S/C22H21F3N4O3/c1-31-15-8-6-14(7-9-15)27-21(30)17-12-26-29-19(22(23,24)25)11-18(28-20(17)29)13-4-3-5-16(10-13)32-2/h3-10,12,18-19,28H,11H2,1-2H3,(H,27,30)/t18-,19+/m1/s1. The zero-order valence-electron chi connectivity index (χ0n) is 17.3. The largest absolute Gasteiger partial charge is 0.497 e. The van der Waals surface area contributed by atoms with Crippen LogP contribution in [-0.4, -0.2) is 36.1 Å². The summed E-state index contributed by atoms with van der Waals surface area (Å²) >= 11 is 0. The van der Waals surface area contributed by atoms with E-state index in [1.54, 1.807) is 48.5 Å². The average Bonchev–Trinajstić information content (AvgIpc) is 3.22. The molecule has 4 rings (SSSR count). The second kappa shape index (κ2) is 8.45. The number of rotatable bonds is 5. The third-order valence-corrected chi connectivity index (χ3v) is 5.33. The molecular weight excluding hydrogens is 425 g/mol. The molecule has 0 saturated carbocycles. The van der Waals surface area contributed by atoms with Crippen LogP contribution in [0.4, 0.5) is 24.7 Å². The van der Waals surface area contributed by atoms with Gasteiger partial charge in [0.1, 0.15) is 22.9 Å². The van der Waals surface area contributed by atoms with E-state index in [0.717, 1.165) is 10.9 Å². The molecule has 2 aromatic carbocycles. The molecule has 0 spiro atoms. The van der Waals surface area contributed by atoms with Gasteiger partial charge in [0.15, 0.2) is 6.04 Å². The fraction of sp³-hybridized carbons (Fsp3) is 0.273. The summed E-state index contributed by atoms with van der Waals surface area (Å²) in [6.07, 6.45) is -3.66. The maximum Gasteiger partial charge on any atom is 0.410 e. The first-order valence-corrected chi connectivity index (χ1v) is 9.80. The van der Waals surface area contributed by atoms with Crippen molar-refractivity contribution in [2.24, 2.45) is 0 Å². The summed E-state index contributed by atoms with van der Waals surface area (Å²) in [6, 6.07) is 10.9. The maximum absolute atomic E-state index is 13.9. The number of carbonyl (C=O) groups excluding carboxylic acids is 1. The minimum Gasteiger partial charge on any atom is -0.497 e. The van der Waals surface area contributed by atoms with Crippen LogP contribution in [0.2, 0.25) is 0 Å². The van der Waals surface area contributed by atoms with Crippen molar-refractivity contribution in [3.05, 3.63) is 65.9 Å². The molecule has 7 nitrogen and oxygen atoms in total. The van der Waals surface area contributed by atoms with Gasteiger partial charge in [-0.15, -0.1) is 0 Å². The predicted molar refractivity (Wildman–Crippen MR) is 112 cm³/mol. The van der Waals surface area contributed by atoms with Crippen LogP contribution in [0, 0.1) is 0 Å². The first-order chi connectivity index (χ1) is 15.3. The highest BCUT2D eigenvalue weighted by Gasteiger charge is 2.47. The second-order valence-corrected chi connectivity index (χ2v) is 7.30. The molecule has 1 amide bonds. The number of nitrogens with one attached hydrogen (secondary N) is 2. The van der Waals surface area contributed by atoms with Gasteiger partial charge in [0.05, 0.1) is 26.5 Å². The van der Waals surface area contributed by atoms with Gasteiger partial charge in [-0.25, -0.2) is 4.68 Å². The monoisotopic (exact) mass is 446 g/mol. The Hall–Kier alpha value is -3.69. The highest BCUT2D eigenvalue weighted by Crippen LogP contribution is 2.44. The molecule has 3 aromatic rings. The number of carbonyl (C=O) groups is 1. The van der Waals surface area contributed by atoms with E-state index >= 15 is 0 Å². The van der Waals surface area contributed by atoms with Crippen molar-refractivity contribution < 1.29 is 27.4 Å². The topological polar surface area (TPSA) is 77.4 Å². The van der Waals surface area contributed by atoms with E-state index in [2.05, 4.69) is 15.7 Å². The van der Waals surface area contributed by atoms with E-state index in [1.165, 1.54) is 14.2 Å². The van der Waals surface area contributed by atoms with Gasteiger partial charge in [-0.2, -0.15) is 18.3 Å². The van der Waals surface area contributed by atoms with E-state index in [9.17, 15) is 18.0 Å². The minimum atomic E-state index is -4.54. The number of nitrogens with zero attached hydrogens (tertiary/aromatic N) is 2. The van der Waals surface area contributed by atoms with Crippen molar-refractivity contribution in [3.63, 3.8) is 0 Å². The Morgan fingerprint density at radius 3 is 2.50 bits per heavy atom. The van der Waals surface area contributed by atoms with E-state index < -0.39 is 24.2 Å². The van der Waals surface area contributed by atoms with E-state index in [-0.39, 0.29) is 17.8 Å². The average molecular weight is 446 g/mol. The fourth-order valence-corrected chi connectivity index (χ4v) is 3.68. The van der Waals surface area contributed by atoms with Crippen molar-refractivity contribution >= 4 is 17.4 Å². The molecule has 1 aliphatic rings. The van der Waals surface area contributed by atoms with Crippen molar-refractivity contribution in [1.29, 1.82) is 0 Å². The number of methoxy groups -OCH3 is 2. The lowest BCUT2D eigenvalue weighted by Gasteiger charge is -2.34. The van der Waals surface area contributed by atoms with Crippen molar-refractivity contribution in [2.75, 3.05) is 24.9 Å². The number of benzene rings is 2. The number of fused-ring (bicyclic) bond motifs is 1. The molecule has 168 valence electrons. The third-order valence-electron chi connectivity index (χ3n) is 5.33. The summed E-state index contributed by atoms with van der Waals surface area (Å²) in [5.74, 6) is 0.583. The Morgan fingerprint density at radius 1 is 1.12 bits per heavy atom. The Balaban J connectivity index is 1.66. The highest BCUT2D eigenvalue weighted by molar-refractivity contribution is 6.07. The van der Waals surface area contributed by atoms with Crippen LogP contribution < -0.4 is 20.1 Å². The Kier molecular flexibility index (Phi) is 5.68. The third kappa shape index (κ3) is 4.20. The summed E-state index contributed by atoms with van der Waals surface area (Å²) in [6.45, 7) is 0. The Bertz CT molecular complexity index is 1110. The molecule has 0 radical (unpaired) electrons. The smallest absolute Gasteiger partial charge is 0.410 e. The minimum absolute atomic E-state index is 0.0115. The molecule has 0 unspecified atom stereocenters. The number of alkyl halides is 3. The first kappa shape index (κ1) is 21.5. The van der Waals surface area contributed by atoms with Crippen LogP contribution >= 0.6 is 0 Å². The molecular formula is C22H21F3N4O3. The quantitative estimate of drug-likeness (QED) is 0.588. The van der Waals surface area contributed by atoms with E-state index in [0.29, 0.717) is 22.7 Å². The van der Waals surface area contributed by atoms with Gasteiger partial charge in [0.2, 0.25) is 0 Å². The summed E-state index contributed by atoms with van der Waals surface area (Å²) in [5.41, 5.74) is 1.11. The molecule has 0 bridgehead atoms. The highest BCUT2D eigenvalue weighted by atomic mass is 19.4. The van der Waals surface area contributed by atoms with Gasteiger partial charge in [-0.1, -0.05) is 12.1 Å². The number of ether oxygens (including phenoxy) is 2. The van der Waals surface area contributed by atoms with Gasteiger partial charge in [-0.3, -0.25) is 4.79 Å². The molecule has 1 aromatic heterocycles. The first-order valence-electron chi connectivity index (χ1n) is 9.80. The Labute approximate surface area is 182 Å². The lowest BCUT2D eigenvalue weighted by Crippen LogP contribution is -2.36. The lowest BCUT2D eigenvalue weighted by atomic mass is 9.96. The van der Waals surface area contributed by atoms with Crippen LogP contribution in [0.5, 0.6) is 11.5 Å². The normalized spacial score (nSPS) is 17.8. The molecule has 32 heavy (non-hydrogen) atoms. The van der Waals surface area contributed by atoms with Crippen LogP contribution in [0.15, 0.2) is 54.7 Å². The van der Waals surface area contributed by atoms with E-state index in [4.69, 9.17) is 9.47 Å². The van der Waals surface area contributed by atoms with Gasteiger partial charge in [-0.05, 0) is 42.0 Å². The number of hydrogen-bond acceptors (Lipinski definition) is 5. The van der Waals surface area contributed by atoms with Crippen molar-refractivity contribution in [3.8, 4) is 11.5 Å². The predicted octanol–water partition coefficient (Wildman–Crippen LogP) is 4.81. The van der Waals surface area contributed by atoms with Crippen molar-refractivity contribution in [1.82, 2.24) is 9.78 Å². The molecule has 2 atom stereocenters. The second-order valence-electron chi connectivity index (χ2n) is 7.30. The zero-order chi connectivity index (χ0) is 22.9. The van der Waals surface area contributed by atoms with Crippen molar-refractivity contribution in [2.45, 2.75) is 24.7 Å². The molecule has 2 heterocycles. The summed E-state index contributed by atoms with van der Waals surface area (Å²) in [7, 11) is 3.01. The number of anilines is 2. The maximum atomic E-state index is 13.9. The van der Waals surface area contributed by atoms with E-state index in [1.807, 2.05) is 0 Å². The van der Waals surface area contributed by atoms with Gasteiger partial charge in [0.25, 0.3) is 5.91 Å². The SMILES string of the molecule is COc1ccc(NC(=O)c2cnn3c2N[C@@H](c2cccc(OC)c2)C[C@H]3C(F)(F)F)cc1. The number of aromatic nitrogens is 2. The van der Waals surface area contributed by atoms with Crippen LogP contribution in [0.25, 0.3) is 0 Å². The molecule has 2 N–H and O–H groups in total. The molecule has 1 aliphatic heterocycles. The molecule has 10 heteroatoms. The van der Waals surface area contributed by atoms with Gasteiger partial charge >= 0.3 is 6.18 Å². The number of hydrogen-bond donors (Lipinski definition) is 2. The molecule has 0 fully saturated rings. The van der Waals surface area contributed by atoms with Gasteiger partial charge < -0.3 is 20.1 Å². The molecule has 0 aliphatic carbocycles. The van der Waals surface area contributed by atoms with Crippen LogP contribution in [0.3, 0.4) is 0 Å². The summed E-state index contributed by atoms with van der Waals surface area (Å²) < 4.78 is 52.7. The molecule has 0 saturated heterocycles.